The number of hydrogen-bond acceptors (Lipinski definition) is 2. The number of aliphatic imine (C=N–C) groups is 1. The van der Waals surface area contributed by atoms with Crippen LogP contribution >= 0.6 is 0 Å². The Labute approximate surface area is 196 Å². The Hall–Kier alpha value is -1.64. The predicted molar refractivity (Wildman–Crippen MR) is 134 cm³/mol. The minimum absolute atomic E-state index is 0.105. The van der Waals surface area contributed by atoms with Gasteiger partial charge >= 0.3 is 0 Å². The zero-order valence-electron chi connectivity index (χ0n) is 21.5. The van der Waals surface area contributed by atoms with Crippen LogP contribution in [0.1, 0.15) is 110 Å². The van der Waals surface area contributed by atoms with E-state index in [-0.39, 0.29) is 23.0 Å². The molecule has 0 N–H and O–H groups in total. The SMILES string of the molecule is Cc1ccc([C@@H](CCC(C)(C)C)N2C(=O)C(C3CC3)=NC23CCC(C(C)(C)C)CC3)cc1. The molecule has 1 aliphatic heterocycles. The van der Waals surface area contributed by atoms with E-state index in [2.05, 4.69) is 77.6 Å². The van der Waals surface area contributed by atoms with E-state index in [1.807, 2.05) is 0 Å². The molecule has 1 atom stereocenters. The number of carbonyl (C=O) groups is 1. The molecule has 2 aliphatic carbocycles. The normalized spacial score (nSPS) is 27.7. The van der Waals surface area contributed by atoms with Gasteiger partial charge in [0, 0.05) is 5.92 Å². The molecule has 2 fully saturated rings. The highest BCUT2D eigenvalue weighted by Crippen LogP contribution is 2.51. The Morgan fingerprint density at radius 1 is 1.00 bits per heavy atom. The fraction of sp³-hybridized carbons (Fsp3) is 0.724. The largest absolute Gasteiger partial charge is 0.306 e. The van der Waals surface area contributed by atoms with Gasteiger partial charge in [-0.1, -0.05) is 71.4 Å². The Bertz CT molecular complexity index is 856. The van der Waals surface area contributed by atoms with E-state index in [1.54, 1.807) is 0 Å². The van der Waals surface area contributed by atoms with Crippen molar-refractivity contribution in [2.45, 2.75) is 112 Å². The summed E-state index contributed by atoms with van der Waals surface area (Å²) in [6, 6.07) is 9.00. The van der Waals surface area contributed by atoms with Crippen molar-refractivity contribution >= 4 is 11.6 Å². The van der Waals surface area contributed by atoms with E-state index in [9.17, 15) is 4.79 Å². The molecule has 3 aliphatic rings. The van der Waals surface area contributed by atoms with Crippen LogP contribution in [0.3, 0.4) is 0 Å². The quantitative estimate of drug-likeness (QED) is 0.470. The van der Waals surface area contributed by atoms with Gasteiger partial charge in [0.15, 0.2) is 0 Å². The Kier molecular flexibility index (Phi) is 6.09. The summed E-state index contributed by atoms with van der Waals surface area (Å²) in [4.78, 5) is 21.5. The van der Waals surface area contributed by atoms with Crippen LogP contribution in [-0.2, 0) is 4.79 Å². The molecule has 3 heteroatoms. The predicted octanol–water partition coefficient (Wildman–Crippen LogP) is 7.49. The van der Waals surface area contributed by atoms with Gasteiger partial charge in [-0.3, -0.25) is 9.79 Å². The molecule has 4 rings (SSSR count). The Morgan fingerprint density at radius 3 is 2.09 bits per heavy atom. The van der Waals surface area contributed by atoms with Crippen LogP contribution in [0.15, 0.2) is 29.3 Å². The number of rotatable bonds is 5. The number of benzene rings is 1. The molecule has 0 unspecified atom stereocenters. The highest BCUT2D eigenvalue weighted by atomic mass is 16.2. The number of carbonyl (C=O) groups excluding carboxylic acids is 1. The van der Waals surface area contributed by atoms with Crippen LogP contribution in [0.4, 0.5) is 0 Å². The molecule has 1 aromatic carbocycles. The maximum atomic E-state index is 13.9. The highest BCUT2D eigenvalue weighted by molar-refractivity contribution is 6.41. The van der Waals surface area contributed by atoms with Crippen LogP contribution in [-0.4, -0.2) is 22.2 Å². The average Bonchev–Trinajstić information content (AvgIpc) is 3.50. The van der Waals surface area contributed by atoms with Crippen molar-refractivity contribution in [2.24, 2.45) is 27.7 Å². The van der Waals surface area contributed by atoms with Crippen LogP contribution in [0.2, 0.25) is 0 Å². The van der Waals surface area contributed by atoms with Gasteiger partial charge in [-0.25, -0.2) is 0 Å². The van der Waals surface area contributed by atoms with E-state index in [4.69, 9.17) is 4.99 Å². The molecule has 1 heterocycles. The number of aryl methyl sites for hydroxylation is 1. The molecule has 0 radical (unpaired) electrons. The molecule has 0 saturated heterocycles. The molecule has 0 bridgehead atoms. The van der Waals surface area contributed by atoms with E-state index in [1.165, 1.54) is 11.1 Å². The van der Waals surface area contributed by atoms with E-state index in [0.717, 1.165) is 57.1 Å². The molecular weight excluding hydrogens is 392 g/mol. The van der Waals surface area contributed by atoms with Crippen LogP contribution in [0, 0.1) is 29.6 Å². The average molecular weight is 437 g/mol. The lowest BCUT2D eigenvalue weighted by atomic mass is 9.69. The zero-order valence-corrected chi connectivity index (χ0v) is 21.5. The fourth-order valence-corrected chi connectivity index (χ4v) is 5.79. The zero-order chi connectivity index (χ0) is 23.3. The summed E-state index contributed by atoms with van der Waals surface area (Å²) in [5, 5.41) is 0. The highest BCUT2D eigenvalue weighted by Gasteiger charge is 2.54. The second kappa shape index (κ2) is 8.29. The van der Waals surface area contributed by atoms with Crippen molar-refractivity contribution < 1.29 is 4.79 Å². The van der Waals surface area contributed by atoms with Gasteiger partial charge in [-0.15, -0.1) is 0 Å². The van der Waals surface area contributed by atoms with Gasteiger partial charge in [0.25, 0.3) is 5.91 Å². The number of nitrogens with zero attached hydrogens (tertiary/aromatic N) is 2. The van der Waals surface area contributed by atoms with Crippen LogP contribution in [0.25, 0.3) is 0 Å². The van der Waals surface area contributed by atoms with Crippen molar-refractivity contribution in [3.05, 3.63) is 35.4 Å². The first kappa shape index (κ1) is 23.5. The summed E-state index contributed by atoms with van der Waals surface area (Å²) < 4.78 is 0. The number of hydrogen-bond donors (Lipinski definition) is 0. The first-order valence-corrected chi connectivity index (χ1v) is 12.9. The summed E-state index contributed by atoms with van der Waals surface area (Å²) in [5.41, 5.74) is 3.67. The standard InChI is InChI=1S/C29H44N2O/c1-20-8-10-21(11-9-20)24(16-17-27(2,3)4)31-26(32)25(22-12-13-22)30-29(31)18-14-23(15-19-29)28(5,6)7/h8-11,22-24H,12-19H2,1-7H3/t23?,24-,29?/m1/s1. The lowest BCUT2D eigenvalue weighted by Crippen LogP contribution is -2.51. The van der Waals surface area contributed by atoms with E-state index < -0.39 is 0 Å². The van der Waals surface area contributed by atoms with E-state index in [0.29, 0.717) is 17.3 Å². The van der Waals surface area contributed by atoms with Crippen molar-refractivity contribution in [1.29, 1.82) is 0 Å². The third kappa shape index (κ3) is 4.82. The van der Waals surface area contributed by atoms with Crippen molar-refractivity contribution in [1.82, 2.24) is 4.90 Å². The summed E-state index contributed by atoms with van der Waals surface area (Å²) in [7, 11) is 0. The third-order valence-corrected chi connectivity index (χ3v) is 8.13. The van der Waals surface area contributed by atoms with Gasteiger partial charge in [-0.2, -0.15) is 0 Å². The molecule has 176 valence electrons. The molecular formula is C29H44N2O. The minimum Gasteiger partial charge on any atom is -0.306 e. The molecule has 3 nitrogen and oxygen atoms in total. The van der Waals surface area contributed by atoms with E-state index >= 15 is 0 Å². The van der Waals surface area contributed by atoms with Crippen LogP contribution in [0.5, 0.6) is 0 Å². The summed E-state index contributed by atoms with van der Waals surface area (Å²) >= 11 is 0. The van der Waals surface area contributed by atoms with Gasteiger partial charge in [0.1, 0.15) is 11.4 Å². The topological polar surface area (TPSA) is 32.7 Å². The molecule has 1 aromatic rings. The Morgan fingerprint density at radius 2 is 1.59 bits per heavy atom. The third-order valence-electron chi connectivity index (χ3n) is 8.13. The molecule has 0 aromatic heterocycles. The summed E-state index contributed by atoms with van der Waals surface area (Å²) in [6.07, 6.45) is 8.70. The Balaban J connectivity index is 1.70. The fourth-order valence-electron chi connectivity index (χ4n) is 5.79. The lowest BCUT2D eigenvalue weighted by molar-refractivity contribution is -0.134. The van der Waals surface area contributed by atoms with Gasteiger partial charge in [-0.05, 0) is 80.6 Å². The molecule has 1 spiro atoms. The monoisotopic (exact) mass is 436 g/mol. The maximum Gasteiger partial charge on any atom is 0.270 e. The second-order valence-corrected chi connectivity index (χ2v) is 13.1. The second-order valence-electron chi connectivity index (χ2n) is 13.1. The minimum atomic E-state index is -0.329. The molecule has 2 saturated carbocycles. The lowest BCUT2D eigenvalue weighted by Gasteiger charge is -2.48. The molecule has 1 amide bonds. The molecule has 32 heavy (non-hydrogen) atoms. The van der Waals surface area contributed by atoms with Crippen LogP contribution < -0.4 is 0 Å². The number of amides is 1. The van der Waals surface area contributed by atoms with Crippen molar-refractivity contribution in [2.75, 3.05) is 0 Å². The summed E-state index contributed by atoms with van der Waals surface area (Å²) in [5.74, 6) is 1.35. The van der Waals surface area contributed by atoms with Crippen molar-refractivity contribution in [3.63, 3.8) is 0 Å². The maximum absolute atomic E-state index is 13.9. The van der Waals surface area contributed by atoms with Gasteiger partial charge in [0.2, 0.25) is 0 Å². The van der Waals surface area contributed by atoms with Crippen molar-refractivity contribution in [3.8, 4) is 0 Å². The van der Waals surface area contributed by atoms with Gasteiger partial charge < -0.3 is 4.90 Å². The summed E-state index contributed by atoms with van der Waals surface area (Å²) in [6.45, 7) is 16.2. The van der Waals surface area contributed by atoms with Gasteiger partial charge in [0.05, 0.1) is 6.04 Å². The first-order chi connectivity index (χ1) is 14.9. The first-order valence-electron chi connectivity index (χ1n) is 12.9. The smallest absolute Gasteiger partial charge is 0.270 e.